The summed E-state index contributed by atoms with van der Waals surface area (Å²) >= 11 is 6.64. The molecule has 2 saturated heterocycles. The van der Waals surface area contributed by atoms with E-state index in [4.69, 9.17) is 26.4 Å². The monoisotopic (exact) mass is 526 g/mol. The highest BCUT2D eigenvalue weighted by Gasteiger charge is 2.52. The summed E-state index contributed by atoms with van der Waals surface area (Å²) < 4.78 is 23.0. The Labute approximate surface area is 220 Å². The van der Waals surface area contributed by atoms with Crippen LogP contribution in [-0.2, 0) is 10.3 Å². The molecule has 0 amide bonds. The molecule has 4 atom stereocenters. The fraction of sp³-hybridized carbons (Fsp3) is 0.593. The largest absolute Gasteiger partial charge is 0.389 e. The van der Waals surface area contributed by atoms with E-state index in [0.29, 0.717) is 37.2 Å². The SMILES string of the molecule is Cc1c(Nc2ncc3cc(Cl)c(C4CCN([C@@H]5COCC5O)CC4F)cc3n2)cnn1C12CCC(C1)C2. The normalized spacial score (nSPS) is 33.7. The van der Waals surface area contributed by atoms with E-state index in [9.17, 15) is 5.11 Å². The lowest BCUT2D eigenvalue weighted by atomic mass is 9.77. The first-order valence-electron chi connectivity index (χ1n) is 13.3. The molecule has 5 aliphatic rings. The fourth-order valence-corrected chi connectivity index (χ4v) is 7.49. The van der Waals surface area contributed by atoms with Crippen LogP contribution in [0.1, 0.15) is 49.3 Å². The zero-order valence-electron chi connectivity index (χ0n) is 20.9. The number of ether oxygens (including phenoxy) is 1. The van der Waals surface area contributed by atoms with Crippen LogP contribution < -0.4 is 5.32 Å². The number of hydrogen-bond acceptors (Lipinski definition) is 7. The van der Waals surface area contributed by atoms with E-state index in [1.54, 1.807) is 6.20 Å². The number of likely N-dealkylation sites (tertiary alicyclic amines) is 1. The van der Waals surface area contributed by atoms with Gasteiger partial charge in [0, 0.05) is 29.1 Å². The lowest BCUT2D eigenvalue weighted by molar-refractivity contribution is 0.0353. The highest BCUT2D eigenvalue weighted by molar-refractivity contribution is 6.32. The molecule has 10 heteroatoms. The number of aromatic nitrogens is 4. The summed E-state index contributed by atoms with van der Waals surface area (Å²) in [6.45, 7) is 3.80. The molecule has 4 heterocycles. The minimum Gasteiger partial charge on any atom is -0.389 e. The van der Waals surface area contributed by atoms with Gasteiger partial charge < -0.3 is 15.2 Å². The van der Waals surface area contributed by atoms with Crippen molar-refractivity contribution in [1.29, 1.82) is 0 Å². The van der Waals surface area contributed by atoms with Crippen LogP contribution >= 0.6 is 11.6 Å². The summed E-state index contributed by atoms with van der Waals surface area (Å²) in [5.41, 5.74) is 3.72. The fourth-order valence-electron chi connectivity index (χ4n) is 7.18. The van der Waals surface area contributed by atoms with Crippen molar-refractivity contribution in [2.24, 2.45) is 5.92 Å². The van der Waals surface area contributed by atoms with Gasteiger partial charge in [-0.25, -0.2) is 14.4 Å². The van der Waals surface area contributed by atoms with E-state index >= 15 is 4.39 Å². The van der Waals surface area contributed by atoms with Crippen molar-refractivity contribution >= 4 is 34.1 Å². The first-order valence-corrected chi connectivity index (χ1v) is 13.7. The van der Waals surface area contributed by atoms with Gasteiger partial charge >= 0.3 is 0 Å². The predicted octanol–water partition coefficient (Wildman–Crippen LogP) is 4.32. The molecule has 196 valence electrons. The Balaban J connectivity index is 1.12. The number of halogens is 2. The van der Waals surface area contributed by atoms with Crippen LogP contribution in [0.5, 0.6) is 0 Å². The average Bonchev–Trinajstić information content (AvgIpc) is 3.64. The van der Waals surface area contributed by atoms with Gasteiger partial charge in [0.1, 0.15) is 6.17 Å². The Bertz CT molecular complexity index is 1340. The smallest absolute Gasteiger partial charge is 0.227 e. The number of anilines is 2. The lowest BCUT2D eigenvalue weighted by Crippen LogP contribution is -2.50. The number of rotatable bonds is 5. The Kier molecular flexibility index (Phi) is 5.69. The van der Waals surface area contributed by atoms with Crippen LogP contribution in [-0.4, -0.2) is 74.4 Å². The molecule has 5 fully saturated rings. The van der Waals surface area contributed by atoms with Gasteiger partial charge in [0.2, 0.25) is 5.95 Å². The van der Waals surface area contributed by atoms with E-state index < -0.39 is 12.3 Å². The standard InChI is InChI=1S/C27H32ClFN6O2/c1-15-23(11-31-35(15)27-4-2-16(8-27)9-27)33-26-30-10-17-6-20(28)19(7-22(17)32-26)18-3-5-34(12-21(18)29)24-13-37-14-25(24)36/h6-7,10-11,16,18,21,24-25,36H,2-5,8-9,12-14H2,1H3,(H,30,32,33)/t16?,18?,21?,24-,25?,27?/m1/s1. The number of fused-ring (bicyclic) bond motifs is 2. The maximum Gasteiger partial charge on any atom is 0.227 e. The van der Waals surface area contributed by atoms with Crippen LogP contribution in [0.3, 0.4) is 0 Å². The number of benzene rings is 1. The topological polar surface area (TPSA) is 88.3 Å². The maximum absolute atomic E-state index is 15.4. The first-order chi connectivity index (χ1) is 17.9. The van der Waals surface area contributed by atoms with E-state index in [-0.39, 0.29) is 24.0 Å². The quantitative estimate of drug-likeness (QED) is 0.512. The molecule has 2 N–H and O–H groups in total. The lowest BCUT2D eigenvalue weighted by Gasteiger charge is -2.39. The molecular weight excluding hydrogens is 495 g/mol. The van der Waals surface area contributed by atoms with Crippen LogP contribution in [0.4, 0.5) is 16.0 Å². The molecule has 3 aromatic rings. The Morgan fingerprint density at radius 1 is 1.22 bits per heavy atom. The summed E-state index contributed by atoms with van der Waals surface area (Å²) in [4.78, 5) is 11.3. The molecule has 37 heavy (non-hydrogen) atoms. The molecule has 1 aromatic carbocycles. The van der Waals surface area contributed by atoms with Crippen LogP contribution in [0.2, 0.25) is 5.02 Å². The number of nitrogens with zero attached hydrogens (tertiary/aromatic N) is 5. The highest BCUT2D eigenvalue weighted by atomic mass is 35.5. The third-order valence-electron chi connectivity index (χ3n) is 9.22. The number of aliphatic hydroxyl groups excluding tert-OH is 1. The van der Waals surface area contributed by atoms with Crippen LogP contribution in [0.15, 0.2) is 24.5 Å². The molecular formula is C27H32ClFN6O2. The number of hydrogen-bond donors (Lipinski definition) is 2. The molecule has 3 saturated carbocycles. The molecule has 3 unspecified atom stereocenters. The Morgan fingerprint density at radius 3 is 2.81 bits per heavy atom. The van der Waals surface area contributed by atoms with Gasteiger partial charge in [-0.15, -0.1) is 0 Å². The van der Waals surface area contributed by atoms with Gasteiger partial charge in [0.25, 0.3) is 0 Å². The van der Waals surface area contributed by atoms with Gasteiger partial charge in [0.05, 0.1) is 54.0 Å². The summed E-state index contributed by atoms with van der Waals surface area (Å²) in [6.07, 6.45) is 7.55. The van der Waals surface area contributed by atoms with Gasteiger partial charge in [0.15, 0.2) is 0 Å². The molecule has 0 spiro atoms. The highest BCUT2D eigenvalue weighted by Crippen LogP contribution is 2.57. The van der Waals surface area contributed by atoms with Crippen molar-refractivity contribution in [3.05, 3.63) is 40.8 Å². The molecule has 0 radical (unpaired) electrons. The van der Waals surface area contributed by atoms with Crippen molar-refractivity contribution in [2.75, 3.05) is 31.6 Å². The van der Waals surface area contributed by atoms with Crippen molar-refractivity contribution in [3.8, 4) is 0 Å². The van der Waals surface area contributed by atoms with E-state index in [2.05, 4.69) is 21.9 Å². The number of aliphatic hydroxyl groups is 1. The minimum absolute atomic E-state index is 0.139. The summed E-state index contributed by atoms with van der Waals surface area (Å²) in [5.74, 6) is 1.03. The van der Waals surface area contributed by atoms with Gasteiger partial charge in [-0.2, -0.15) is 5.10 Å². The first kappa shape index (κ1) is 23.8. The van der Waals surface area contributed by atoms with Crippen molar-refractivity contribution in [1.82, 2.24) is 24.6 Å². The molecule has 2 bridgehead atoms. The summed E-state index contributed by atoms with van der Waals surface area (Å²) in [5, 5.41) is 19.6. The van der Waals surface area contributed by atoms with Crippen LogP contribution in [0, 0.1) is 12.8 Å². The average molecular weight is 527 g/mol. The van der Waals surface area contributed by atoms with Gasteiger partial charge in [-0.1, -0.05) is 11.6 Å². The molecule has 8 rings (SSSR count). The van der Waals surface area contributed by atoms with E-state index in [1.807, 2.05) is 23.2 Å². The molecule has 3 aliphatic carbocycles. The number of alkyl halides is 1. The Hall–Kier alpha value is -2.33. The van der Waals surface area contributed by atoms with E-state index in [0.717, 1.165) is 33.8 Å². The summed E-state index contributed by atoms with van der Waals surface area (Å²) in [6, 6.07) is 3.60. The van der Waals surface area contributed by atoms with Gasteiger partial charge in [-0.05, 0) is 69.2 Å². The van der Waals surface area contributed by atoms with Crippen molar-refractivity contribution < 1.29 is 14.2 Å². The maximum atomic E-state index is 15.4. The van der Waals surface area contributed by atoms with Crippen molar-refractivity contribution in [3.63, 3.8) is 0 Å². The number of nitrogens with one attached hydrogen (secondary N) is 1. The van der Waals surface area contributed by atoms with Crippen LogP contribution in [0.25, 0.3) is 10.9 Å². The minimum atomic E-state index is -1.09. The molecule has 2 aromatic heterocycles. The Morgan fingerprint density at radius 2 is 2.08 bits per heavy atom. The number of piperidine rings is 1. The van der Waals surface area contributed by atoms with Gasteiger partial charge in [-0.3, -0.25) is 9.58 Å². The predicted molar refractivity (Wildman–Crippen MR) is 139 cm³/mol. The second-order valence-electron chi connectivity index (χ2n) is 11.4. The second-order valence-corrected chi connectivity index (χ2v) is 11.8. The summed E-state index contributed by atoms with van der Waals surface area (Å²) in [7, 11) is 0. The van der Waals surface area contributed by atoms with E-state index in [1.165, 1.54) is 25.7 Å². The molecule has 8 nitrogen and oxygen atoms in total. The second kappa shape index (κ2) is 8.86. The van der Waals surface area contributed by atoms with Crippen molar-refractivity contribution in [2.45, 2.75) is 68.8 Å². The zero-order chi connectivity index (χ0) is 25.3. The third kappa shape index (κ3) is 3.93. The third-order valence-corrected chi connectivity index (χ3v) is 9.55. The molecule has 2 aliphatic heterocycles. The zero-order valence-corrected chi connectivity index (χ0v) is 21.7.